The summed E-state index contributed by atoms with van der Waals surface area (Å²) in [5.74, 6) is 2.12. The molecule has 372 valence electrons. The number of fused-ring (bicyclic) bond motifs is 3. The molecule has 0 bridgehead atoms. The molecule has 5 aromatic heterocycles. The van der Waals surface area contributed by atoms with Crippen molar-refractivity contribution in [2.24, 2.45) is 16.8 Å². The fraction of sp³-hybridized carbons (Fsp3) is 0.389. The predicted octanol–water partition coefficient (Wildman–Crippen LogP) is 9.45. The van der Waals surface area contributed by atoms with Crippen molar-refractivity contribution in [1.29, 1.82) is 0 Å². The lowest BCUT2D eigenvalue weighted by Crippen LogP contribution is -2.49. The van der Waals surface area contributed by atoms with E-state index < -0.39 is 18.1 Å². The third-order valence-corrected chi connectivity index (χ3v) is 15.6. The molecule has 2 N–H and O–H groups in total. The summed E-state index contributed by atoms with van der Waals surface area (Å²) in [6.07, 6.45) is 8.50. The number of thiophene rings is 1. The average Bonchev–Trinajstić information content (AvgIpc) is 4.19. The van der Waals surface area contributed by atoms with Gasteiger partial charge in [0.2, 0.25) is 23.6 Å². The third-order valence-electron chi connectivity index (χ3n) is 14.2. The molecule has 2 fully saturated rings. The van der Waals surface area contributed by atoms with Gasteiger partial charge in [0.05, 0.1) is 30.1 Å². The molecule has 72 heavy (non-hydrogen) atoms. The standard InChI is InChI=1S/C54H58ClN11O5S/c1-28(2)49(53(69)64-25-29(3)19-44(64)52(68)59-31(5)35-9-11-37(12-10-35)50-32(6)57-27-70-50)65-26-39(24-58-65)38-17-18-56-46(20-38)71-42-21-41(22-42)60-45(67)23-43-51-63-62-34(8)66(51)54-47(30(4)33(7)72-54)48(61-43)36-13-15-40(55)16-14-36/h9-18,20,24,26-29,31,41-44,49H,19,21-23,25H2,1-8H3,(H,59,68)(H,60,67)/t29-,31+,41-,42+,43+,44+,49+/m1/s1. The Bertz CT molecular complexity index is 3190. The van der Waals surface area contributed by atoms with Crippen LogP contribution in [0.5, 0.6) is 5.88 Å². The number of halogens is 1. The Morgan fingerprint density at radius 2 is 1.67 bits per heavy atom. The molecule has 7 heterocycles. The van der Waals surface area contributed by atoms with E-state index >= 15 is 0 Å². The van der Waals surface area contributed by atoms with Gasteiger partial charge < -0.3 is 24.7 Å². The minimum absolute atomic E-state index is 0.0769. The van der Waals surface area contributed by atoms with Gasteiger partial charge in [-0.1, -0.05) is 68.8 Å². The Balaban J connectivity index is 0.762. The van der Waals surface area contributed by atoms with Crippen LogP contribution in [0.25, 0.3) is 27.5 Å². The van der Waals surface area contributed by atoms with Crippen LogP contribution >= 0.6 is 22.9 Å². The second-order valence-electron chi connectivity index (χ2n) is 19.8. The van der Waals surface area contributed by atoms with Crippen molar-refractivity contribution < 1.29 is 23.5 Å². The number of likely N-dealkylation sites (tertiary alicyclic amines) is 1. The molecule has 18 heteroatoms. The fourth-order valence-corrected chi connectivity index (χ4v) is 11.5. The zero-order chi connectivity index (χ0) is 50.5. The number of aryl methyl sites for hydroxylation is 3. The largest absolute Gasteiger partial charge is 0.474 e. The lowest BCUT2D eigenvalue weighted by molar-refractivity contribution is -0.142. The van der Waals surface area contributed by atoms with Gasteiger partial charge in [-0.3, -0.25) is 28.6 Å². The molecule has 5 atom stereocenters. The third kappa shape index (κ3) is 9.59. The van der Waals surface area contributed by atoms with Crippen molar-refractivity contribution in [3.05, 3.63) is 135 Å². The maximum Gasteiger partial charge on any atom is 0.248 e. The van der Waals surface area contributed by atoms with Gasteiger partial charge in [0.15, 0.2) is 18.0 Å². The van der Waals surface area contributed by atoms with E-state index in [1.54, 1.807) is 33.3 Å². The SMILES string of the molecule is Cc1ncoc1-c1ccc([C@H](C)NC(=O)[C@@H]2C[C@@H](C)CN2C(=O)[C@H](C(C)C)n2cc(-c3ccnc(O[C@H]4C[C@@H](NC(=O)C[C@@H]5N=C(c6ccc(Cl)cc6)c6c(sc(C)c6C)-n6c(C)nnc65)C4)c3)cn2)cc1. The first kappa shape index (κ1) is 48.6. The van der Waals surface area contributed by atoms with Crippen LogP contribution in [-0.2, 0) is 14.4 Å². The Morgan fingerprint density at radius 3 is 2.39 bits per heavy atom. The van der Waals surface area contributed by atoms with E-state index in [2.05, 4.69) is 51.6 Å². The van der Waals surface area contributed by atoms with Gasteiger partial charge in [-0.25, -0.2) is 9.97 Å². The monoisotopic (exact) mass is 1010 g/mol. The topological polar surface area (TPSA) is 188 Å². The highest BCUT2D eigenvalue weighted by atomic mass is 35.5. The van der Waals surface area contributed by atoms with Crippen molar-refractivity contribution in [3.8, 4) is 33.3 Å². The number of hydrogen-bond acceptors (Lipinski definition) is 12. The molecule has 0 spiro atoms. The number of ether oxygens (including phenoxy) is 1. The molecule has 7 aromatic rings. The average molecular weight is 1010 g/mol. The second kappa shape index (κ2) is 19.9. The minimum Gasteiger partial charge on any atom is -0.474 e. The molecule has 1 aliphatic carbocycles. The normalized spacial score (nSPS) is 20.2. The number of nitrogens with one attached hydrogen (secondary N) is 2. The number of pyridine rings is 1. The van der Waals surface area contributed by atoms with Gasteiger partial charge in [0.25, 0.3) is 0 Å². The zero-order valence-corrected chi connectivity index (χ0v) is 43.2. The molecule has 1 saturated heterocycles. The van der Waals surface area contributed by atoms with Crippen LogP contribution in [-0.4, -0.2) is 87.6 Å². The number of amides is 3. The summed E-state index contributed by atoms with van der Waals surface area (Å²) in [4.78, 5) is 59.1. The number of nitrogens with zero attached hydrogens (tertiary/aromatic N) is 9. The van der Waals surface area contributed by atoms with Crippen molar-refractivity contribution in [1.82, 2.24) is 50.0 Å². The second-order valence-corrected chi connectivity index (χ2v) is 21.5. The number of oxazole rings is 1. The van der Waals surface area contributed by atoms with Crippen molar-refractivity contribution >= 4 is 46.4 Å². The number of benzene rings is 2. The smallest absolute Gasteiger partial charge is 0.248 e. The van der Waals surface area contributed by atoms with Crippen molar-refractivity contribution in [2.45, 2.75) is 117 Å². The highest BCUT2D eigenvalue weighted by Crippen LogP contribution is 2.40. The van der Waals surface area contributed by atoms with Gasteiger partial charge >= 0.3 is 0 Å². The quantitative estimate of drug-likeness (QED) is 0.106. The first-order valence-electron chi connectivity index (χ1n) is 24.5. The summed E-state index contributed by atoms with van der Waals surface area (Å²) < 4.78 is 15.6. The maximum atomic E-state index is 14.5. The van der Waals surface area contributed by atoms with Gasteiger partial charge in [-0.05, 0) is 87.8 Å². The van der Waals surface area contributed by atoms with E-state index in [0.29, 0.717) is 48.3 Å². The Kier molecular flexibility index (Phi) is 13.4. The Morgan fingerprint density at radius 1 is 0.917 bits per heavy atom. The minimum atomic E-state index is -0.631. The molecule has 3 amide bonds. The summed E-state index contributed by atoms with van der Waals surface area (Å²) in [7, 11) is 0. The van der Waals surface area contributed by atoms with Crippen LogP contribution < -0.4 is 15.4 Å². The van der Waals surface area contributed by atoms with E-state index in [1.165, 1.54) is 11.3 Å². The summed E-state index contributed by atoms with van der Waals surface area (Å²) in [6.45, 7) is 16.5. The van der Waals surface area contributed by atoms with Crippen molar-refractivity contribution in [3.63, 3.8) is 0 Å². The van der Waals surface area contributed by atoms with Crippen LogP contribution in [0.3, 0.4) is 0 Å². The van der Waals surface area contributed by atoms with E-state index in [0.717, 1.165) is 61.2 Å². The Labute approximate surface area is 427 Å². The van der Waals surface area contributed by atoms with Crippen LogP contribution in [0.2, 0.25) is 5.02 Å². The first-order chi connectivity index (χ1) is 34.6. The van der Waals surface area contributed by atoms with Gasteiger partial charge in [0.1, 0.15) is 35.1 Å². The molecule has 2 aliphatic heterocycles. The van der Waals surface area contributed by atoms with Gasteiger partial charge in [0, 0.05) is 76.0 Å². The highest BCUT2D eigenvalue weighted by molar-refractivity contribution is 7.15. The number of aromatic nitrogens is 7. The van der Waals surface area contributed by atoms with E-state index in [4.69, 9.17) is 30.8 Å². The number of aliphatic imine (C=N–C) groups is 1. The Hall–Kier alpha value is -6.98. The molecule has 1 saturated carbocycles. The summed E-state index contributed by atoms with van der Waals surface area (Å²) in [5.41, 5.74) is 8.16. The molecule has 10 rings (SSSR count). The predicted molar refractivity (Wildman–Crippen MR) is 275 cm³/mol. The molecule has 2 aromatic carbocycles. The van der Waals surface area contributed by atoms with Gasteiger partial charge in [-0.2, -0.15) is 5.10 Å². The van der Waals surface area contributed by atoms with Crippen LogP contribution in [0.1, 0.15) is 116 Å². The van der Waals surface area contributed by atoms with E-state index in [-0.39, 0.29) is 54.2 Å². The first-order valence-corrected chi connectivity index (χ1v) is 25.7. The summed E-state index contributed by atoms with van der Waals surface area (Å²) in [6, 6.07) is 17.1. The molecule has 0 radical (unpaired) electrons. The summed E-state index contributed by atoms with van der Waals surface area (Å²) >= 11 is 7.96. The van der Waals surface area contributed by atoms with E-state index in [9.17, 15) is 14.4 Å². The number of carbonyl (C=O) groups excluding carboxylic acids is 3. The number of hydrogen-bond donors (Lipinski definition) is 2. The zero-order valence-electron chi connectivity index (χ0n) is 41.6. The van der Waals surface area contributed by atoms with Crippen LogP contribution in [0, 0.1) is 39.5 Å². The summed E-state index contributed by atoms with van der Waals surface area (Å²) in [5, 5.41) is 21.7. The number of rotatable bonds is 14. The molecule has 16 nitrogen and oxygen atoms in total. The fourth-order valence-electron chi connectivity index (χ4n) is 10.1. The van der Waals surface area contributed by atoms with Gasteiger partial charge in [-0.15, -0.1) is 21.5 Å². The molecule has 0 unspecified atom stereocenters. The van der Waals surface area contributed by atoms with Crippen LogP contribution in [0.15, 0.2) is 95.1 Å². The molecular formula is C54H58ClN11O5S. The molecular weight excluding hydrogens is 950 g/mol. The molecule has 3 aliphatic rings. The van der Waals surface area contributed by atoms with Crippen molar-refractivity contribution in [2.75, 3.05) is 6.54 Å². The maximum absolute atomic E-state index is 14.5. The lowest BCUT2D eigenvalue weighted by Gasteiger charge is -2.35. The number of carbonyl (C=O) groups is 3. The van der Waals surface area contributed by atoms with Crippen LogP contribution in [0.4, 0.5) is 0 Å². The van der Waals surface area contributed by atoms with E-state index in [1.807, 2.05) is 106 Å². The highest BCUT2D eigenvalue weighted by Gasteiger charge is 2.42. The lowest BCUT2D eigenvalue weighted by atomic mass is 9.89.